The van der Waals surface area contributed by atoms with Crippen molar-refractivity contribution in [2.45, 2.75) is 13.0 Å². The molecule has 0 aromatic rings. The summed E-state index contributed by atoms with van der Waals surface area (Å²) in [5.74, 6) is -0.971. The topological polar surface area (TPSA) is 128 Å². The number of hydrogen-bond acceptors (Lipinski definition) is 6. The molecule has 1 atom stereocenters. The molecule has 0 unspecified atom stereocenters. The van der Waals surface area contributed by atoms with E-state index in [9.17, 15) is 14.9 Å². The highest BCUT2D eigenvalue weighted by Gasteiger charge is 2.23. The molecular weight excluding hydrogens is 218 g/mol. The Morgan fingerprint density at radius 1 is 1.75 bits per heavy atom. The lowest BCUT2D eigenvalue weighted by Gasteiger charge is -2.08. The van der Waals surface area contributed by atoms with Gasteiger partial charge in [-0.05, 0) is 13.0 Å². The minimum absolute atomic E-state index is 0.146. The number of amides is 1. The molecule has 0 spiro atoms. The molecule has 3 N–H and O–H groups in total. The Kier molecular flexibility index (Phi) is 5.71. The van der Waals surface area contributed by atoms with Crippen molar-refractivity contribution in [3.63, 3.8) is 0 Å². The molecule has 90 valence electrons. The Balaban J connectivity index is 4.98. The number of nitrogens with two attached hydrogens (primary N) is 1. The molecule has 0 saturated carbocycles. The maximum absolute atomic E-state index is 10.7. The van der Waals surface area contributed by atoms with Crippen LogP contribution in [0.5, 0.6) is 0 Å². The lowest BCUT2D eigenvalue weighted by atomic mass is 10.1. The molecule has 0 aliphatic rings. The van der Waals surface area contributed by atoms with Gasteiger partial charge in [0.1, 0.15) is 6.61 Å². The molecule has 0 aliphatic carbocycles. The fraction of sp³-hybridized carbons (Fsp3) is 0.500. The number of carbonyl (C=O) groups is 1. The summed E-state index contributed by atoms with van der Waals surface area (Å²) in [5, 5.41) is 21.7. The van der Waals surface area contributed by atoms with Gasteiger partial charge in [0.25, 0.3) is 11.9 Å². The van der Waals surface area contributed by atoms with Gasteiger partial charge in [-0.25, -0.2) is 0 Å². The molecule has 0 aromatic heterocycles. The number of oxime groups is 1. The average Bonchev–Trinajstić information content (AvgIpc) is 2.21. The Bertz CT molecular complexity index is 337. The molecule has 0 bridgehead atoms. The second-order valence-electron chi connectivity index (χ2n) is 2.99. The largest absolute Gasteiger partial charge is 0.410 e. The van der Waals surface area contributed by atoms with Crippen LogP contribution in [0.4, 0.5) is 0 Å². The van der Waals surface area contributed by atoms with Crippen molar-refractivity contribution in [1.29, 1.82) is 0 Å². The number of ether oxygens (including phenoxy) is 1. The van der Waals surface area contributed by atoms with Crippen LogP contribution in [0, 0.1) is 10.1 Å². The van der Waals surface area contributed by atoms with Crippen molar-refractivity contribution in [1.82, 2.24) is 0 Å². The molecule has 0 fully saturated rings. The van der Waals surface area contributed by atoms with Gasteiger partial charge in [0.05, 0.1) is 0 Å². The van der Waals surface area contributed by atoms with E-state index in [0.29, 0.717) is 0 Å². The van der Waals surface area contributed by atoms with E-state index < -0.39 is 22.6 Å². The Hall–Kier alpha value is -1.96. The second kappa shape index (κ2) is 6.51. The van der Waals surface area contributed by atoms with E-state index >= 15 is 0 Å². The third-order valence-electron chi connectivity index (χ3n) is 1.83. The first-order valence-electron chi connectivity index (χ1n) is 4.26. The van der Waals surface area contributed by atoms with E-state index in [0.717, 1.165) is 6.08 Å². The molecule has 8 nitrogen and oxygen atoms in total. The van der Waals surface area contributed by atoms with Gasteiger partial charge in [-0.2, -0.15) is 0 Å². The number of rotatable bonds is 6. The van der Waals surface area contributed by atoms with E-state index in [1.807, 2.05) is 0 Å². The standard InChI is InChI=1S/C8H13N3O5/c1-5(3-6(10-13)8(9)12)7(4-16-2)11(14)15/h3,7,13H,4H2,1-2H3,(H2,9,12)/b5-3+,10-6?/t7-/m0/s1. The molecule has 16 heavy (non-hydrogen) atoms. The quantitative estimate of drug-likeness (QED) is 0.276. The molecule has 8 heteroatoms. The molecule has 1 amide bonds. The van der Waals surface area contributed by atoms with Gasteiger partial charge < -0.3 is 15.7 Å². The van der Waals surface area contributed by atoms with Gasteiger partial charge in [0, 0.05) is 17.6 Å². The zero-order valence-corrected chi connectivity index (χ0v) is 8.91. The van der Waals surface area contributed by atoms with E-state index in [2.05, 4.69) is 9.89 Å². The van der Waals surface area contributed by atoms with Crippen LogP contribution in [0.25, 0.3) is 0 Å². The summed E-state index contributed by atoms with van der Waals surface area (Å²) in [5.41, 5.74) is 4.63. The molecule has 0 heterocycles. The SMILES string of the molecule is COC[C@@H](/C(C)=C/C(=NO)C(N)=O)[N+](=O)[O-]. The lowest BCUT2D eigenvalue weighted by Crippen LogP contribution is -2.28. The number of carbonyl (C=O) groups excluding carboxylic acids is 1. The lowest BCUT2D eigenvalue weighted by molar-refractivity contribution is -0.515. The number of nitro groups is 1. The van der Waals surface area contributed by atoms with Crippen molar-refractivity contribution in [2.75, 3.05) is 13.7 Å². The van der Waals surface area contributed by atoms with E-state index in [-0.39, 0.29) is 12.2 Å². The monoisotopic (exact) mass is 231 g/mol. The van der Waals surface area contributed by atoms with Gasteiger partial charge in [-0.15, -0.1) is 0 Å². The minimum Gasteiger partial charge on any atom is -0.410 e. The maximum atomic E-state index is 10.7. The molecule has 0 rings (SSSR count). The zero-order valence-electron chi connectivity index (χ0n) is 8.91. The van der Waals surface area contributed by atoms with Crippen molar-refractivity contribution >= 4 is 11.6 Å². The van der Waals surface area contributed by atoms with Crippen LogP contribution in [0.2, 0.25) is 0 Å². The molecule has 0 saturated heterocycles. The molecule has 0 aliphatic heterocycles. The second-order valence-corrected chi connectivity index (χ2v) is 2.99. The average molecular weight is 231 g/mol. The first-order valence-corrected chi connectivity index (χ1v) is 4.26. The highest BCUT2D eigenvalue weighted by molar-refractivity contribution is 6.42. The third-order valence-corrected chi connectivity index (χ3v) is 1.83. The van der Waals surface area contributed by atoms with Crippen LogP contribution in [0.3, 0.4) is 0 Å². The predicted octanol–water partition coefficient (Wildman–Crippen LogP) is -0.460. The summed E-state index contributed by atoms with van der Waals surface area (Å²) in [6.07, 6.45) is 1.05. The number of hydrogen-bond donors (Lipinski definition) is 2. The fourth-order valence-electron chi connectivity index (χ4n) is 0.978. The number of methoxy groups -OCH3 is 1. The van der Waals surface area contributed by atoms with Crippen molar-refractivity contribution in [2.24, 2.45) is 10.9 Å². The zero-order chi connectivity index (χ0) is 12.7. The van der Waals surface area contributed by atoms with Crippen LogP contribution in [-0.4, -0.2) is 41.5 Å². The summed E-state index contributed by atoms with van der Waals surface area (Å²) < 4.78 is 4.66. The van der Waals surface area contributed by atoms with E-state index in [1.54, 1.807) is 0 Å². The molecule has 0 radical (unpaired) electrons. The highest BCUT2D eigenvalue weighted by atomic mass is 16.6. The van der Waals surface area contributed by atoms with E-state index in [4.69, 9.17) is 10.9 Å². The smallest absolute Gasteiger partial charge is 0.270 e. The highest BCUT2D eigenvalue weighted by Crippen LogP contribution is 2.06. The van der Waals surface area contributed by atoms with Gasteiger partial charge in [0.15, 0.2) is 5.71 Å². The van der Waals surface area contributed by atoms with Crippen molar-refractivity contribution in [3.8, 4) is 0 Å². The summed E-state index contributed by atoms with van der Waals surface area (Å²) in [7, 11) is 1.32. The summed E-state index contributed by atoms with van der Waals surface area (Å²) in [6, 6.07) is -1.11. The number of nitrogens with zero attached hydrogens (tertiary/aromatic N) is 2. The van der Waals surface area contributed by atoms with Crippen molar-refractivity contribution in [3.05, 3.63) is 21.8 Å². The van der Waals surface area contributed by atoms with Gasteiger partial charge in [0.2, 0.25) is 0 Å². The first-order chi connectivity index (χ1) is 7.43. The number of primary amides is 1. The van der Waals surface area contributed by atoms with Crippen LogP contribution >= 0.6 is 0 Å². The fourth-order valence-corrected chi connectivity index (χ4v) is 0.978. The van der Waals surface area contributed by atoms with E-state index in [1.165, 1.54) is 14.0 Å². The Labute approximate surface area is 91.5 Å². The summed E-state index contributed by atoms with van der Waals surface area (Å²) in [6.45, 7) is 1.27. The maximum Gasteiger partial charge on any atom is 0.270 e. The predicted molar refractivity (Wildman–Crippen MR) is 54.8 cm³/mol. The Morgan fingerprint density at radius 2 is 2.31 bits per heavy atom. The normalized spacial score (nSPS) is 14.6. The van der Waals surface area contributed by atoms with Gasteiger partial charge in [-0.3, -0.25) is 14.9 Å². The minimum atomic E-state index is -1.11. The summed E-state index contributed by atoms with van der Waals surface area (Å²) in [4.78, 5) is 20.8. The Morgan fingerprint density at radius 3 is 2.62 bits per heavy atom. The van der Waals surface area contributed by atoms with Crippen molar-refractivity contribution < 1.29 is 19.7 Å². The van der Waals surface area contributed by atoms with Crippen LogP contribution < -0.4 is 5.73 Å². The summed E-state index contributed by atoms with van der Waals surface area (Å²) >= 11 is 0. The van der Waals surface area contributed by atoms with Gasteiger partial charge >= 0.3 is 0 Å². The molecular formula is C8H13N3O5. The van der Waals surface area contributed by atoms with Crippen LogP contribution in [-0.2, 0) is 9.53 Å². The van der Waals surface area contributed by atoms with Crippen LogP contribution in [0.1, 0.15) is 6.92 Å². The third kappa shape index (κ3) is 4.05. The van der Waals surface area contributed by atoms with Gasteiger partial charge in [-0.1, -0.05) is 5.16 Å². The molecule has 0 aromatic carbocycles. The first kappa shape index (κ1) is 14.0. The van der Waals surface area contributed by atoms with Crippen LogP contribution in [0.15, 0.2) is 16.8 Å².